The molecule has 0 spiro atoms. The van der Waals surface area contributed by atoms with Crippen molar-refractivity contribution in [2.75, 3.05) is 13.7 Å². The summed E-state index contributed by atoms with van der Waals surface area (Å²) in [5.41, 5.74) is 1.06. The minimum absolute atomic E-state index is 0.163. The fourth-order valence-electron chi connectivity index (χ4n) is 2.19. The van der Waals surface area contributed by atoms with E-state index in [9.17, 15) is 22.0 Å². The molecule has 0 aliphatic heterocycles. The predicted molar refractivity (Wildman–Crippen MR) is 88.2 cm³/mol. The van der Waals surface area contributed by atoms with Gasteiger partial charge < -0.3 is 10.1 Å². The largest absolute Gasteiger partial charge is 0.375 e. The molecule has 0 aliphatic rings. The zero-order valence-electron chi connectivity index (χ0n) is 13.4. The molecule has 8 heteroatoms. The second-order valence-electron chi connectivity index (χ2n) is 5.18. The summed E-state index contributed by atoms with van der Waals surface area (Å²) in [6, 6.07) is 13.7. The Morgan fingerprint density at radius 3 is 2.20 bits per heavy atom. The third kappa shape index (κ3) is 4.61. The van der Waals surface area contributed by atoms with Crippen molar-refractivity contribution in [3.05, 3.63) is 65.7 Å². The van der Waals surface area contributed by atoms with Gasteiger partial charge in [-0.15, -0.1) is 0 Å². The number of hydrogen-bond donors (Lipinski definition) is 1. The number of methoxy groups -OCH3 is 1. The minimum Gasteiger partial charge on any atom is -0.375 e. The molecule has 0 aromatic heterocycles. The second kappa shape index (κ2) is 8.17. The molecule has 0 aliphatic carbocycles. The molecule has 1 N–H and O–H groups in total. The minimum atomic E-state index is -4.67. The van der Waals surface area contributed by atoms with Crippen LogP contribution in [-0.4, -0.2) is 33.7 Å². The van der Waals surface area contributed by atoms with Gasteiger partial charge in [-0.2, -0.15) is 8.78 Å². The highest BCUT2D eigenvalue weighted by atomic mass is 32.2. The number of benzene rings is 2. The lowest BCUT2D eigenvalue weighted by atomic mass is 10.1. The summed E-state index contributed by atoms with van der Waals surface area (Å²) >= 11 is 0. The molecule has 0 saturated heterocycles. The van der Waals surface area contributed by atoms with E-state index in [0.29, 0.717) is 0 Å². The van der Waals surface area contributed by atoms with Crippen LogP contribution in [0, 0.1) is 0 Å². The van der Waals surface area contributed by atoms with Gasteiger partial charge in [0.15, 0.2) is 0 Å². The molecule has 0 saturated carbocycles. The van der Waals surface area contributed by atoms with E-state index in [1.54, 1.807) is 0 Å². The van der Waals surface area contributed by atoms with Gasteiger partial charge in [0.25, 0.3) is 5.91 Å². The number of ether oxygens (including phenoxy) is 1. The fraction of sp³-hybridized carbons (Fsp3) is 0.235. The number of nitrogens with one attached hydrogen (secondary N) is 1. The Kier molecular flexibility index (Phi) is 6.22. The van der Waals surface area contributed by atoms with Crippen molar-refractivity contribution in [2.45, 2.75) is 16.8 Å². The quantitative estimate of drug-likeness (QED) is 0.815. The van der Waals surface area contributed by atoms with Crippen LogP contribution in [0.3, 0.4) is 0 Å². The highest BCUT2D eigenvalue weighted by Gasteiger charge is 2.26. The molecule has 2 rings (SSSR count). The average Bonchev–Trinajstić information content (AvgIpc) is 2.63. The molecule has 2 aromatic rings. The summed E-state index contributed by atoms with van der Waals surface area (Å²) in [6.07, 6.45) is -0.344. The Morgan fingerprint density at radius 2 is 1.68 bits per heavy atom. The van der Waals surface area contributed by atoms with Crippen LogP contribution in [0.4, 0.5) is 8.78 Å². The Balaban J connectivity index is 2.04. The third-order valence-electron chi connectivity index (χ3n) is 3.58. The van der Waals surface area contributed by atoms with Gasteiger partial charge >= 0.3 is 5.76 Å². The molecule has 1 atom stereocenters. The van der Waals surface area contributed by atoms with Gasteiger partial charge in [0.05, 0.1) is 11.0 Å². The van der Waals surface area contributed by atoms with Crippen molar-refractivity contribution >= 4 is 15.7 Å². The number of carbonyl (C=O) groups excluding carboxylic acids is 1. The highest BCUT2D eigenvalue weighted by molar-refractivity contribution is 7.91. The number of sulfone groups is 1. The van der Waals surface area contributed by atoms with E-state index in [-0.39, 0.29) is 18.2 Å². The summed E-state index contributed by atoms with van der Waals surface area (Å²) in [7, 11) is -3.15. The summed E-state index contributed by atoms with van der Waals surface area (Å²) in [5, 5.41) is 2.67. The van der Waals surface area contributed by atoms with Crippen LogP contribution in [-0.2, 0) is 14.6 Å². The monoisotopic (exact) mass is 369 g/mol. The van der Waals surface area contributed by atoms with E-state index >= 15 is 0 Å². The lowest BCUT2D eigenvalue weighted by Gasteiger charge is -2.16. The molecular weight excluding hydrogens is 352 g/mol. The van der Waals surface area contributed by atoms with Gasteiger partial charge in [0.1, 0.15) is 0 Å². The molecule has 0 radical (unpaired) electrons. The zero-order valence-corrected chi connectivity index (χ0v) is 14.2. The molecule has 1 unspecified atom stereocenters. The number of alkyl halides is 2. The number of amides is 1. The van der Waals surface area contributed by atoms with Crippen molar-refractivity contribution in [3.8, 4) is 0 Å². The van der Waals surface area contributed by atoms with Crippen molar-refractivity contribution in [2.24, 2.45) is 0 Å². The van der Waals surface area contributed by atoms with E-state index in [1.807, 2.05) is 30.3 Å². The average molecular weight is 369 g/mol. The summed E-state index contributed by atoms with van der Waals surface area (Å²) in [6.45, 7) is 0.205. The lowest BCUT2D eigenvalue weighted by molar-refractivity contribution is 0.0828. The number of halogens is 2. The second-order valence-corrected chi connectivity index (χ2v) is 7.09. The number of hydrogen-bond acceptors (Lipinski definition) is 4. The van der Waals surface area contributed by atoms with Gasteiger partial charge in [0, 0.05) is 19.2 Å². The number of carbonyl (C=O) groups is 1. The molecule has 2 aromatic carbocycles. The smallest absolute Gasteiger partial charge is 0.341 e. The van der Waals surface area contributed by atoms with Gasteiger partial charge in [-0.3, -0.25) is 4.79 Å². The maximum absolute atomic E-state index is 12.5. The summed E-state index contributed by atoms with van der Waals surface area (Å²) in [4.78, 5) is 11.6. The van der Waals surface area contributed by atoms with Gasteiger partial charge in [0.2, 0.25) is 9.84 Å². The maximum atomic E-state index is 12.5. The molecule has 134 valence electrons. The van der Waals surface area contributed by atoms with E-state index < -0.39 is 26.4 Å². The Hall–Kier alpha value is -2.32. The first kappa shape index (κ1) is 19.0. The SMILES string of the molecule is COC(CNC(=O)c1ccc(S(=O)(=O)C(F)F)cc1)c1ccccc1. The van der Waals surface area contributed by atoms with Crippen LogP contribution in [0.25, 0.3) is 0 Å². The van der Waals surface area contributed by atoms with Crippen LogP contribution < -0.4 is 5.32 Å². The van der Waals surface area contributed by atoms with Crippen LogP contribution in [0.15, 0.2) is 59.5 Å². The van der Waals surface area contributed by atoms with Crippen molar-refractivity contribution in [1.82, 2.24) is 5.32 Å². The molecule has 5 nitrogen and oxygen atoms in total. The van der Waals surface area contributed by atoms with Crippen LogP contribution in [0.1, 0.15) is 22.0 Å². The standard InChI is InChI=1S/C17H17F2NO4S/c1-24-15(12-5-3-2-4-6-12)11-20-16(21)13-7-9-14(10-8-13)25(22,23)17(18)19/h2-10,15,17H,11H2,1H3,(H,20,21). The van der Waals surface area contributed by atoms with Crippen LogP contribution in [0.2, 0.25) is 0 Å². The number of rotatable bonds is 7. The van der Waals surface area contributed by atoms with Crippen LogP contribution >= 0.6 is 0 Å². The van der Waals surface area contributed by atoms with E-state index in [2.05, 4.69) is 5.32 Å². The lowest BCUT2D eigenvalue weighted by Crippen LogP contribution is -2.29. The van der Waals surface area contributed by atoms with Crippen molar-refractivity contribution in [3.63, 3.8) is 0 Å². The first-order chi connectivity index (χ1) is 11.9. The summed E-state index contributed by atoms with van der Waals surface area (Å²) < 4.78 is 53.0. The topological polar surface area (TPSA) is 72.5 Å². The molecule has 25 heavy (non-hydrogen) atoms. The molecular formula is C17H17F2NO4S. The molecule has 0 bridgehead atoms. The normalized spacial score (nSPS) is 12.8. The highest BCUT2D eigenvalue weighted by Crippen LogP contribution is 2.19. The fourth-order valence-corrected chi connectivity index (χ4v) is 2.91. The third-order valence-corrected chi connectivity index (χ3v) is 4.98. The molecule has 0 heterocycles. The Bertz CT molecular complexity index is 808. The first-order valence-corrected chi connectivity index (χ1v) is 8.89. The van der Waals surface area contributed by atoms with Gasteiger partial charge in [-0.05, 0) is 29.8 Å². The van der Waals surface area contributed by atoms with E-state index in [0.717, 1.165) is 17.7 Å². The first-order valence-electron chi connectivity index (χ1n) is 7.34. The van der Waals surface area contributed by atoms with Gasteiger partial charge in [-0.25, -0.2) is 8.42 Å². The Labute approximate surface area is 144 Å². The summed E-state index contributed by atoms with van der Waals surface area (Å²) in [5.74, 6) is -3.96. The zero-order chi connectivity index (χ0) is 18.4. The van der Waals surface area contributed by atoms with Crippen molar-refractivity contribution < 1.29 is 26.7 Å². The van der Waals surface area contributed by atoms with E-state index in [1.165, 1.54) is 19.2 Å². The predicted octanol–water partition coefficient (Wildman–Crippen LogP) is 2.80. The molecule has 0 fully saturated rings. The van der Waals surface area contributed by atoms with Crippen molar-refractivity contribution in [1.29, 1.82) is 0 Å². The molecule has 1 amide bonds. The van der Waals surface area contributed by atoms with E-state index in [4.69, 9.17) is 4.74 Å². The van der Waals surface area contributed by atoms with Crippen LogP contribution in [0.5, 0.6) is 0 Å². The van der Waals surface area contributed by atoms with Gasteiger partial charge in [-0.1, -0.05) is 30.3 Å². The maximum Gasteiger partial charge on any atom is 0.341 e. The Morgan fingerprint density at radius 1 is 1.08 bits per heavy atom.